The Kier molecular flexibility index (Phi) is 6.54. The van der Waals surface area contributed by atoms with Crippen LogP contribution < -0.4 is 5.73 Å². The number of hydrogen-bond donors (Lipinski definition) is 1. The maximum absolute atomic E-state index is 12.3. The number of hydrazone groups is 1. The molecule has 2 N–H and O–H groups in total. The van der Waals surface area contributed by atoms with Gasteiger partial charge in [0.1, 0.15) is 0 Å². The van der Waals surface area contributed by atoms with Crippen LogP contribution >= 0.6 is 11.8 Å². The standard InChI is InChI=1S/C19H20N4OS/c1-4-10-22-23-17(15-7-6-8-16(20)12-15)9-11-21-19(23)13-18(24)14(3)25-5-2/h5-13H,2-4,20H2,1H3/b19-13+,22-10-. The minimum Gasteiger partial charge on any atom is -0.399 e. The molecule has 0 amide bonds. The quantitative estimate of drug-likeness (QED) is 0.454. The van der Waals surface area contributed by atoms with Crippen LogP contribution in [0.3, 0.4) is 0 Å². The number of aliphatic imine (C=N–C) groups is 1. The van der Waals surface area contributed by atoms with Gasteiger partial charge in [-0.25, -0.2) is 10.0 Å². The van der Waals surface area contributed by atoms with Crippen molar-refractivity contribution < 1.29 is 4.79 Å². The van der Waals surface area contributed by atoms with Gasteiger partial charge in [0.25, 0.3) is 0 Å². The number of nitrogens with two attached hydrogens (primary N) is 1. The first kappa shape index (κ1) is 18.5. The highest BCUT2D eigenvalue weighted by molar-refractivity contribution is 8.06. The SMILES string of the molecule is C=CSC(=C)C(=O)/C=C1\N=CC=C(c2cccc(N)c2)N1/N=C\CC. The van der Waals surface area contributed by atoms with E-state index in [-0.39, 0.29) is 5.78 Å². The number of carbonyl (C=O) groups is 1. The molecule has 0 spiro atoms. The fourth-order valence-electron chi connectivity index (χ4n) is 2.09. The van der Waals surface area contributed by atoms with Gasteiger partial charge in [-0.3, -0.25) is 4.79 Å². The van der Waals surface area contributed by atoms with E-state index in [1.807, 2.05) is 37.3 Å². The van der Waals surface area contributed by atoms with E-state index in [0.717, 1.165) is 17.7 Å². The van der Waals surface area contributed by atoms with E-state index in [1.54, 1.807) is 22.8 Å². The van der Waals surface area contributed by atoms with E-state index < -0.39 is 0 Å². The van der Waals surface area contributed by atoms with Crippen molar-refractivity contribution in [1.82, 2.24) is 5.01 Å². The molecule has 0 bridgehead atoms. The highest BCUT2D eigenvalue weighted by atomic mass is 32.2. The first-order valence-corrected chi connectivity index (χ1v) is 8.60. The van der Waals surface area contributed by atoms with E-state index in [1.165, 1.54) is 17.8 Å². The summed E-state index contributed by atoms with van der Waals surface area (Å²) in [7, 11) is 0. The van der Waals surface area contributed by atoms with Gasteiger partial charge in [-0.05, 0) is 30.0 Å². The van der Waals surface area contributed by atoms with Crippen molar-refractivity contribution in [2.75, 3.05) is 5.73 Å². The van der Waals surface area contributed by atoms with Crippen LogP contribution in [0.1, 0.15) is 18.9 Å². The van der Waals surface area contributed by atoms with Crippen LogP contribution in [0.5, 0.6) is 0 Å². The Bertz CT molecular complexity index is 805. The molecule has 1 aliphatic rings. The smallest absolute Gasteiger partial charge is 0.195 e. The summed E-state index contributed by atoms with van der Waals surface area (Å²) in [6, 6.07) is 7.47. The summed E-state index contributed by atoms with van der Waals surface area (Å²) in [5, 5.41) is 7.63. The monoisotopic (exact) mass is 352 g/mol. The van der Waals surface area contributed by atoms with E-state index >= 15 is 0 Å². The summed E-state index contributed by atoms with van der Waals surface area (Å²) in [4.78, 5) is 16.9. The second kappa shape index (κ2) is 8.84. The lowest BCUT2D eigenvalue weighted by Gasteiger charge is -2.25. The van der Waals surface area contributed by atoms with Crippen molar-refractivity contribution in [2.45, 2.75) is 13.3 Å². The lowest BCUT2D eigenvalue weighted by atomic mass is 10.1. The Morgan fingerprint density at radius 3 is 2.96 bits per heavy atom. The first-order chi connectivity index (χ1) is 12.1. The summed E-state index contributed by atoms with van der Waals surface area (Å²) in [5.74, 6) is 0.183. The zero-order valence-electron chi connectivity index (χ0n) is 14.1. The van der Waals surface area contributed by atoms with Crippen molar-refractivity contribution in [3.63, 3.8) is 0 Å². The van der Waals surface area contributed by atoms with Gasteiger partial charge in [0, 0.05) is 29.8 Å². The number of hydrogen-bond acceptors (Lipinski definition) is 6. The average Bonchev–Trinajstić information content (AvgIpc) is 2.60. The molecular weight excluding hydrogens is 332 g/mol. The zero-order chi connectivity index (χ0) is 18.2. The number of nitrogens with zero attached hydrogens (tertiary/aromatic N) is 3. The van der Waals surface area contributed by atoms with Crippen molar-refractivity contribution in [2.24, 2.45) is 10.1 Å². The number of thioether (sulfide) groups is 1. The van der Waals surface area contributed by atoms with Gasteiger partial charge < -0.3 is 5.73 Å². The number of allylic oxidation sites excluding steroid dienone is 3. The molecule has 1 aromatic rings. The molecule has 0 fully saturated rings. The largest absolute Gasteiger partial charge is 0.399 e. The summed E-state index contributed by atoms with van der Waals surface area (Å²) in [6.45, 7) is 9.32. The second-order valence-electron chi connectivity index (χ2n) is 5.05. The van der Waals surface area contributed by atoms with E-state index in [4.69, 9.17) is 5.73 Å². The van der Waals surface area contributed by atoms with E-state index in [9.17, 15) is 4.79 Å². The molecule has 0 radical (unpaired) electrons. The van der Waals surface area contributed by atoms with Gasteiger partial charge in [-0.1, -0.05) is 44.0 Å². The van der Waals surface area contributed by atoms with Gasteiger partial charge in [-0.2, -0.15) is 5.10 Å². The van der Waals surface area contributed by atoms with Crippen LogP contribution in [-0.4, -0.2) is 23.2 Å². The van der Waals surface area contributed by atoms with Crippen LogP contribution in [0.4, 0.5) is 5.69 Å². The maximum Gasteiger partial charge on any atom is 0.195 e. The van der Waals surface area contributed by atoms with Gasteiger partial charge in [0.05, 0.1) is 10.6 Å². The normalized spacial score (nSPS) is 15.5. The fraction of sp³-hybridized carbons (Fsp3) is 0.105. The predicted octanol–water partition coefficient (Wildman–Crippen LogP) is 4.19. The molecule has 1 aliphatic heterocycles. The summed E-state index contributed by atoms with van der Waals surface area (Å²) >= 11 is 1.18. The molecule has 1 heterocycles. The van der Waals surface area contributed by atoms with Crippen molar-refractivity contribution in [1.29, 1.82) is 0 Å². The molecular formula is C19H20N4OS. The molecule has 25 heavy (non-hydrogen) atoms. The highest BCUT2D eigenvalue weighted by Crippen LogP contribution is 2.28. The third kappa shape index (κ3) is 4.81. The number of anilines is 1. The lowest BCUT2D eigenvalue weighted by molar-refractivity contribution is -0.110. The first-order valence-electron chi connectivity index (χ1n) is 7.72. The summed E-state index contributed by atoms with van der Waals surface area (Å²) < 4.78 is 0. The summed E-state index contributed by atoms with van der Waals surface area (Å²) in [6.07, 6.45) is 7.40. The number of benzene rings is 1. The zero-order valence-corrected chi connectivity index (χ0v) is 14.9. The van der Waals surface area contributed by atoms with Gasteiger partial charge in [0.15, 0.2) is 11.6 Å². The maximum atomic E-state index is 12.3. The third-order valence-electron chi connectivity index (χ3n) is 3.21. The third-order valence-corrected chi connectivity index (χ3v) is 3.86. The topological polar surface area (TPSA) is 71.1 Å². The van der Waals surface area contributed by atoms with Crippen LogP contribution in [0.25, 0.3) is 5.70 Å². The molecule has 0 aromatic heterocycles. The molecule has 128 valence electrons. The number of nitrogen functional groups attached to an aromatic ring is 1. The van der Waals surface area contributed by atoms with Crippen molar-refractivity contribution in [3.8, 4) is 0 Å². The number of carbonyl (C=O) groups excluding carboxylic acids is 1. The van der Waals surface area contributed by atoms with Gasteiger partial charge in [-0.15, -0.1) is 0 Å². The molecule has 0 atom stereocenters. The minimum atomic E-state index is -0.234. The van der Waals surface area contributed by atoms with E-state index in [2.05, 4.69) is 23.3 Å². The fourth-order valence-corrected chi connectivity index (χ4v) is 2.47. The van der Waals surface area contributed by atoms with Gasteiger partial charge in [0.2, 0.25) is 0 Å². The van der Waals surface area contributed by atoms with Crippen LogP contribution in [0.2, 0.25) is 0 Å². The molecule has 0 saturated carbocycles. The van der Waals surface area contributed by atoms with Crippen molar-refractivity contribution in [3.05, 3.63) is 71.3 Å². The molecule has 0 unspecified atom stereocenters. The Morgan fingerprint density at radius 2 is 2.28 bits per heavy atom. The van der Waals surface area contributed by atoms with Crippen molar-refractivity contribution >= 4 is 41.4 Å². The predicted molar refractivity (Wildman–Crippen MR) is 108 cm³/mol. The molecule has 2 rings (SSSR count). The minimum absolute atomic E-state index is 0.234. The molecule has 6 heteroatoms. The summed E-state index contributed by atoms with van der Waals surface area (Å²) in [5.41, 5.74) is 8.21. The molecule has 0 saturated heterocycles. The lowest BCUT2D eigenvalue weighted by Crippen LogP contribution is -2.19. The number of ketones is 1. The van der Waals surface area contributed by atoms with Crippen LogP contribution in [0, 0.1) is 0 Å². The number of rotatable bonds is 7. The Balaban J connectivity index is 2.42. The van der Waals surface area contributed by atoms with Crippen LogP contribution in [-0.2, 0) is 4.79 Å². The Hall–Kier alpha value is -2.86. The molecule has 0 aliphatic carbocycles. The van der Waals surface area contributed by atoms with Crippen LogP contribution in [0.15, 0.2) is 75.8 Å². The molecule has 5 nitrogen and oxygen atoms in total. The molecule has 1 aromatic carbocycles. The van der Waals surface area contributed by atoms with Gasteiger partial charge >= 0.3 is 0 Å². The highest BCUT2D eigenvalue weighted by Gasteiger charge is 2.19. The van der Waals surface area contributed by atoms with E-state index in [0.29, 0.717) is 16.4 Å². The second-order valence-corrected chi connectivity index (χ2v) is 6.11. The Morgan fingerprint density at radius 1 is 1.48 bits per heavy atom. The Labute approximate surface area is 152 Å². The average molecular weight is 352 g/mol.